The van der Waals surface area contributed by atoms with Crippen molar-refractivity contribution >= 4 is 39.0 Å². The minimum absolute atomic E-state index is 0.308. The number of nitrogens with one attached hydrogen (secondary N) is 1. The van der Waals surface area contributed by atoms with Crippen LogP contribution in [0.1, 0.15) is 37.5 Å². The molecule has 2 aromatic rings. The number of rotatable bonds is 4. The summed E-state index contributed by atoms with van der Waals surface area (Å²) in [4.78, 5) is 11.2. The summed E-state index contributed by atoms with van der Waals surface area (Å²) >= 11 is 8.18. The van der Waals surface area contributed by atoms with Gasteiger partial charge < -0.3 is 5.32 Å². The van der Waals surface area contributed by atoms with E-state index in [4.69, 9.17) is 11.6 Å². The highest BCUT2D eigenvalue weighted by atomic mass is 35.5. The zero-order chi connectivity index (χ0) is 13.9. The molecule has 1 N–H and O–H groups in total. The van der Waals surface area contributed by atoms with Crippen molar-refractivity contribution in [3.05, 3.63) is 17.3 Å². The van der Waals surface area contributed by atoms with Gasteiger partial charge in [-0.3, -0.25) is 0 Å². The quantitative estimate of drug-likeness (QED) is 0.847. The number of alkyl halides is 1. The minimum atomic E-state index is 0.308. The van der Waals surface area contributed by atoms with Gasteiger partial charge in [-0.15, -0.1) is 22.9 Å². The maximum absolute atomic E-state index is 6.42. The van der Waals surface area contributed by atoms with Crippen LogP contribution in [-0.4, -0.2) is 21.9 Å². The molecule has 108 valence electrons. The van der Waals surface area contributed by atoms with Gasteiger partial charge in [0.1, 0.15) is 17.0 Å². The summed E-state index contributed by atoms with van der Waals surface area (Å²) in [5, 5.41) is 4.95. The van der Waals surface area contributed by atoms with Crippen LogP contribution in [0.25, 0.3) is 10.2 Å². The van der Waals surface area contributed by atoms with Crippen molar-refractivity contribution in [2.24, 2.45) is 5.92 Å². The van der Waals surface area contributed by atoms with Crippen LogP contribution < -0.4 is 5.32 Å². The fraction of sp³-hybridized carbons (Fsp3) is 0.600. The van der Waals surface area contributed by atoms with E-state index < -0.39 is 0 Å². The van der Waals surface area contributed by atoms with Crippen LogP contribution in [0, 0.1) is 5.92 Å². The first kappa shape index (κ1) is 14.1. The lowest BCUT2D eigenvalue weighted by atomic mass is 9.89. The topological polar surface area (TPSA) is 37.8 Å². The molecule has 2 heterocycles. The molecular formula is C15H20ClN3S. The predicted octanol–water partition coefficient (Wildman–Crippen LogP) is 4.46. The number of nitrogens with zero attached hydrogens (tertiary/aromatic N) is 2. The highest BCUT2D eigenvalue weighted by Gasteiger charge is 2.23. The molecule has 0 radical (unpaired) electrons. The minimum Gasteiger partial charge on any atom is -0.369 e. The van der Waals surface area contributed by atoms with Crippen molar-refractivity contribution < 1.29 is 0 Å². The van der Waals surface area contributed by atoms with Gasteiger partial charge in [0, 0.05) is 16.8 Å². The van der Waals surface area contributed by atoms with Crippen molar-refractivity contribution in [2.75, 3.05) is 11.9 Å². The maximum atomic E-state index is 6.42. The third kappa shape index (κ3) is 2.91. The van der Waals surface area contributed by atoms with E-state index in [1.54, 1.807) is 17.7 Å². The highest BCUT2D eigenvalue weighted by molar-refractivity contribution is 7.18. The van der Waals surface area contributed by atoms with Crippen LogP contribution in [-0.2, 0) is 6.42 Å². The van der Waals surface area contributed by atoms with E-state index in [1.807, 2.05) is 0 Å². The van der Waals surface area contributed by atoms with E-state index in [-0.39, 0.29) is 0 Å². The van der Waals surface area contributed by atoms with Gasteiger partial charge in [-0.05, 0) is 31.2 Å². The van der Waals surface area contributed by atoms with Crippen LogP contribution in [0.4, 0.5) is 5.82 Å². The van der Waals surface area contributed by atoms with Gasteiger partial charge in [0.15, 0.2) is 0 Å². The molecule has 0 bridgehead atoms. The van der Waals surface area contributed by atoms with Crippen molar-refractivity contribution in [1.29, 1.82) is 0 Å². The summed E-state index contributed by atoms with van der Waals surface area (Å²) in [7, 11) is 0. The summed E-state index contributed by atoms with van der Waals surface area (Å²) in [5.41, 5.74) is 0. The Labute approximate surface area is 128 Å². The lowest BCUT2D eigenvalue weighted by molar-refractivity contribution is 0.380. The zero-order valence-electron chi connectivity index (χ0n) is 11.7. The number of thiophene rings is 1. The van der Waals surface area contributed by atoms with Gasteiger partial charge in [0.2, 0.25) is 0 Å². The second-order valence-electron chi connectivity index (χ2n) is 5.45. The van der Waals surface area contributed by atoms with E-state index in [2.05, 4.69) is 28.3 Å². The van der Waals surface area contributed by atoms with Crippen molar-refractivity contribution in [1.82, 2.24) is 9.97 Å². The number of anilines is 1. The average Bonchev–Trinajstić information content (AvgIpc) is 2.90. The molecule has 2 unspecified atom stereocenters. The Morgan fingerprint density at radius 3 is 3.00 bits per heavy atom. The fourth-order valence-corrected chi connectivity index (χ4v) is 4.14. The number of aromatic nitrogens is 2. The van der Waals surface area contributed by atoms with Gasteiger partial charge in [-0.2, -0.15) is 0 Å². The molecule has 3 rings (SSSR count). The van der Waals surface area contributed by atoms with E-state index in [0.717, 1.165) is 35.4 Å². The van der Waals surface area contributed by atoms with Crippen molar-refractivity contribution in [3.63, 3.8) is 0 Å². The molecule has 0 aliphatic heterocycles. The van der Waals surface area contributed by atoms with E-state index in [1.165, 1.54) is 24.1 Å². The molecule has 1 aliphatic carbocycles. The van der Waals surface area contributed by atoms with Gasteiger partial charge in [0.05, 0.1) is 5.39 Å². The number of halogens is 1. The van der Waals surface area contributed by atoms with Gasteiger partial charge in [0.25, 0.3) is 0 Å². The lowest BCUT2D eigenvalue weighted by Gasteiger charge is -2.27. The summed E-state index contributed by atoms with van der Waals surface area (Å²) in [6, 6.07) is 2.21. The monoisotopic (exact) mass is 309 g/mol. The molecule has 1 fully saturated rings. The van der Waals surface area contributed by atoms with Crippen LogP contribution >= 0.6 is 22.9 Å². The highest BCUT2D eigenvalue weighted by Crippen LogP contribution is 2.31. The van der Waals surface area contributed by atoms with Crippen LogP contribution in [0.3, 0.4) is 0 Å². The normalized spacial score (nSPS) is 23.1. The summed E-state index contributed by atoms with van der Waals surface area (Å²) < 4.78 is 0. The zero-order valence-corrected chi connectivity index (χ0v) is 13.3. The molecule has 20 heavy (non-hydrogen) atoms. The third-order valence-electron chi connectivity index (χ3n) is 4.08. The molecule has 0 saturated heterocycles. The standard InChI is InChI=1S/C15H20ClN3S/c1-2-11-7-12-14(18-9-19-15(12)20-11)17-8-10-5-3-4-6-13(10)16/h7,9-10,13H,2-6,8H2,1H3,(H,17,18,19). The SMILES string of the molecule is CCc1cc2c(NCC3CCCCC3Cl)ncnc2s1. The second kappa shape index (κ2) is 6.27. The van der Waals surface area contributed by atoms with Gasteiger partial charge in [-0.25, -0.2) is 9.97 Å². The number of aryl methyl sites for hydroxylation is 1. The largest absolute Gasteiger partial charge is 0.369 e. The molecule has 1 aliphatic rings. The van der Waals surface area contributed by atoms with Crippen molar-refractivity contribution in [2.45, 2.75) is 44.4 Å². The number of hydrogen-bond donors (Lipinski definition) is 1. The Bertz CT molecular complexity index is 584. The maximum Gasteiger partial charge on any atom is 0.138 e. The van der Waals surface area contributed by atoms with Crippen LogP contribution in [0.5, 0.6) is 0 Å². The summed E-state index contributed by atoms with van der Waals surface area (Å²) in [5.74, 6) is 1.51. The van der Waals surface area contributed by atoms with Crippen LogP contribution in [0.2, 0.25) is 0 Å². The smallest absolute Gasteiger partial charge is 0.138 e. The third-order valence-corrected chi connectivity index (χ3v) is 5.84. The molecule has 0 aromatic carbocycles. The fourth-order valence-electron chi connectivity index (χ4n) is 2.84. The van der Waals surface area contributed by atoms with E-state index in [9.17, 15) is 0 Å². The Kier molecular flexibility index (Phi) is 4.41. The van der Waals surface area contributed by atoms with Gasteiger partial charge in [-0.1, -0.05) is 19.8 Å². The first-order chi connectivity index (χ1) is 9.78. The van der Waals surface area contributed by atoms with Crippen molar-refractivity contribution in [3.8, 4) is 0 Å². The summed E-state index contributed by atoms with van der Waals surface area (Å²) in [6.07, 6.45) is 7.64. The van der Waals surface area contributed by atoms with E-state index >= 15 is 0 Å². The first-order valence-electron chi connectivity index (χ1n) is 7.39. The molecule has 3 nitrogen and oxygen atoms in total. The Hall–Kier alpha value is -0.870. The second-order valence-corrected chi connectivity index (χ2v) is 7.12. The predicted molar refractivity (Wildman–Crippen MR) is 86.9 cm³/mol. The Balaban J connectivity index is 1.75. The Morgan fingerprint density at radius 1 is 1.35 bits per heavy atom. The molecule has 5 heteroatoms. The molecule has 0 spiro atoms. The lowest BCUT2D eigenvalue weighted by Crippen LogP contribution is -2.27. The average molecular weight is 310 g/mol. The van der Waals surface area contributed by atoms with Gasteiger partial charge >= 0.3 is 0 Å². The molecule has 2 atom stereocenters. The molecular weight excluding hydrogens is 290 g/mol. The molecule has 0 amide bonds. The molecule has 1 saturated carbocycles. The number of fused-ring (bicyclic) bond motifs is 1. The number of hydrogen-bond acceptors (Lipinski definition) is 4. The summed E-state index contributed by atoms with van der Waals surface area (Å²) in [6.45, 7) is 3.09. The first-order valence-corrected chi connectivity index (χ1v) is 8.64. The Morgan fingerprint density at radius 2 is 2.20 bits per heavy atom. The van der Waals surface area contributed by atoms with E-state index in [0.29, 0.717) is 11.3 Å². The molecule has 2 aromatic heterocycles. The van der Waals surface area contributed by atoms with Crippen LogP contribution in [0.15, 0.2) is 12.4 Å².